The number of hydrogen-bond donors (Lipinski definition) is 0. The number of hydrogen-bond acceptors (Lipinski definition) is 7. The van der Waals surface area contributed by atoms with E-state index in [0.29, 0.717) is 40.4 Å². The lowest BCUT2D eigenvalue weighted by Gasteiger charge is -2.13. The first-order chi connectivity index (χ1) is 16.9. The van der Waals surface area contributed by atoms with Crippen molar-refractivity contribution in [2.24, 2.45) is 4.99 Å². The van der Waals surface area contributed by atoms with Crippen LogP contribution in [0.3, 0.4) is 0 Å². The summed E-state index contributed by atoms with van der Waals surface area (Å²) in [4.78, 5) is 27.2. The molecule has 0 bridgehead atoms. The summed E-state index contributed by atoms with van der Waals surface area (Å²) >= 11 is 0. The number of halogens is 1. The molecule has 0 saturated carbocycles. The molecule has 1 aliphatic heterocycles. The average molecular weight is 476 g/mol. The first-order valence-electron chi connectivity index (χ1n) is 10.8. The van der Waals surface area contributed by atoms with Gasteiger partial charge in [0.05, 0.1) is 11.5 Å². The third kappa shape index (κ3) is 5.35. The van der Waals surface area contributed by atoms with E-state index in [1.165, 1.54) is 24.3 Å². The van der Waals surface area contributed by atoms with Crippen LogP contribution in [0, 0.1) is 22.9 Å². The molecule has 3 aromatic carbocycles. The summed E-state index contributed by atoms with van der Waals surface area (Å²) in [6.07, 6.45) is 1.54. The van der Waals surface area contributed by atoms with Gasteiger partial charge in [-0.1, -0.05) is 24.3 Å². The van der Waals surface area contributed by atoms with E-state index in [0.717, 1.165) is 0 Å². The molecule has 178 valence electrons. The van der Waals surface area contributed by atoms with Gasteiger partial charge in [-0.3, -0.25) is 10.1 Å². The number of aliphatic imine (C=N–C) groups is 1. The summed E-state index contributed by atoms with van der Waals surface area (Å²) < 4.78 is 30.6. The van der Waals surface area contributed by atoms with Crippen LogP contribution in [0.15, 0.2) is 71.4 Å². The van der Waals surface area contributed by atoms with Crippen LogP contribution < -0.4 is 9.47 Å². The minimum absolute atomic E-state index is 0.0296. The molecule has 1 heterocycles. The predicted octanol–water partition coefficient (Wildman–Crippen LogP) is 5.36. The van der Waals surface area contributed by atoms with Crippen molar-refractivity contribution in [1.82, 2.24) is 0 Å². The third-order valence-corrected chi connectivity index (χ3v) is 5.17. The molecule has 0 unspecified atom stereocenters. The number of nitrogens with zero attached hydrogens (tertiary/aromatic N) is 2. The van der Waals surface area contributed by atoms with Crippen LogP contribution in [0.25, 0.3) is 6.08 Å². The van der Waals surface area contributed by atoms with Gasteiger partial charge < -0.3 is 14.2 Å². The predicted molar refractivity (Wildman–Crippen MR) is 127 cm³/mol. The van der Waals surface area contributed by atoms with Crippen molar-refractivity contribution in [2.45, 2.75) is 20.5 Å². The van der Waals surface area contributed by atoms with Gasteiger partial charge in [0, 0.05) is 22.8 Å². The highest BCUT2D eigenvalue weighted by Gasteiger charge is 2.25. The van der Waals surface area contributed by atoms with Gasteiger partial charge in [0.15, 0.2) is 17.2 Å². The molecule has 1 aliphatic rings. The first kappa shape index (κ1) is 23.6. The molecular weight excluding hydrogens is 455 g/mol. The van der Waals surface area contributed by atoms with E-state index in [2.05, 4.69) is 4.99 Å². The fourth-order valence-corrected chi connectivity index (χ4v) is 3.46. The van der Waals surface area contributed by atoms with Crippen molar-refractivity contribution in [1.29, 1.82) is 0 Å². The van der Waals surface area contributed by atoms with Gasteiger partial charge in [-0.25, -0.2) is 14.2 Å². The average Bonchev–Trinajstić information content (AvgIpc) is 3.19. The summed E-state index contributed by atoms with van der Waals surface area (Å²) in [5.74, 6) is -0.0806. The Labute approximate surface area is 200 Å². The Balaban J connectivity index is 1.57. The largest absolute Gasteiger partial charge is 0.490 e. The normalized spacial score (nSPS) is 14.0. The van der Waals surface area contributed by atoms with E-state index in [4.69, 9.17) is 14.2 Å². The summed E-state index contributed by atoms with van der Waals surface area (Å²) in [6, 6.07) is 15.8. The lowest BCUT2D eigenvalue weighted by Crippen LogP contribution is -2.06. The van der Waals surface area contributed by atoms with E-state index < -0.39 is 10.9 Å². The molecule has 3 aromatic rings. The third-order valence-electron chi connectivity index (χ3n) is 5.17. The number of rotatable bonds is 8. The van der Waals surface area contributed by atoms with E-state index in [1.54, 1.807) is 49.4 Å². The van der Waals surface area contributed by atoms with Crippen molar-refractivity contribution >= 4 is 23.6 Å². The molecule has 0 N–H and O–H groups in total. The number of benzene rings is 3. The monoisotopic (exact) mass is 476 g/mol. The second kappa shape index (κ2) is 10.2. The van der Waals surface area contributed by atoms with Crippen LogP contribution in [0.5, 0.6) is 11.5 Å². The molecule has 9 heteroatoms. The van der Waals surface area contributed by atoms with E-state index in [9.17, 15) is 19.3 Å². The Bertz CT molecular complexity index is 1370. The molecule has 0 aliphatic carbocycles. The maximum absolute atomic E-state index is 13.9. The summed E-state index contributed by atoms with van der Waals surface area (Å²) in [6.45, 7) is 3.82. The maximum Gasteiger partial charge on any atom is 0.363 e. The number of cyclic esters (lactones) is 1. The standard InChI is InChI=1S/C26H21FN2O6/c1-3-33-24-14-17(8-11-23(24)34-15-19-6-4-5-7-20(19)27)13-21-26(30)35-25(28-21)18-9-10-22(29(31)32)16(2)12-18/h4-14H,3,15H2,1-2H3/b21-13-. The van der Waals surface area contributed by atoms with E-state index in [1.807, 2.05) is 6.92 Å². The van der Waals surface area contributed by atoms with Gasteiger partial charge in [-0.2, -0.15) is 0 Å². The first-order valence-corrected chi connectivity index (χ1v) is 10.8. The van der Waals surface area contributed by atoms with E-state index >= 15 is 0 Å². The number of carbonyl (C=O) groups is 1. The fourth-order valence-electron chi connectivity index (χ4n) is 3.46. The molecular formula is C26H21FN2O6. The Kier molecular flexibility index (Phi) is 6.86. The molecule has 35 heavy (non-hydrogen) atoms. The number of nitro groups is 1. The minimum atomic E-state index is -0.645. The van der Waals surface area contributed by atoms with Gasteiger partial charge in [0.2, 0.25) is 5.90 Å². The molecule has 0 radical (unpaired) electrons. The van der Waals surface area contributed by atoms with Gasteiger partial charge >= 0.3 is 5.97 Å². The highest BCUT2D eigenvalue weighted by atomic mass is 19.1. The number of nitro benzene ring substituents is 1. The van der Waals surface area contributed by atoms with Crippen molar-refractivity contribution in [2.75, 3.05) is 6.61 Å². The molecule has 0 aromatic heterocycles. The maximum atomic E-state index is 13.9. The Morgan fingerprint density at radius 2 is 1.89 bits per heavy atom. The molecule has 4 rings (SSSR count). The lowest BCUT2D eigenvalue weighted by molar-refractivity contribution is -0.385. The topological polar surface area (TPSA) is 100 Å². The van der Waals surface area contributed by atoms with Crippen molar-refractivity contribution in [3.63, 3.8) is 0 Å². The lowest BCUT2D eigenvalue weighted by atomic mass is 10.1. The van der Waals surface area contributed by atoms with Crippen LogP contribution in [-0.4, -0.2) is 23.4 Å². The van der Waals surface area contributed by atoms with Crippen LogP contribution in [0.2, 0.25) is 0 Å². The zero-order valence-electron chi connectivity index (χ0n) is 19.0. The zero-order valence-corrected chi connectivity index (χ0v) is 19.0. The molecule has 0 saturated heterocycles. The fraction of sp³-hybridized carbons (Fsp3) is 0.154. The van der Waals surface area contributed by atoms with Gasteiger partial charge in [0.25, 0.3) is 5.69 Å². The number of carbonyl (C=O) groups excluding carboxylic acids is 1. The Morgan fingerprint density at radius 3 is 2.60 bits per heavy atom. The van der Waals surface area contributed by atoms with Crippen LogP contribution in [-0.2, 0) is 16.1 Å². The quantitative estimate of drug-likeness (QED) is 0.188. The molecule has 0 spiro atoms. The summed E-state index contributed by atoms with van der Waals surface area (Å²) in [7, 11) is 0. The minimum Gasteiger partial charge on any atom is -0.490 e. The van der Waals surface area contributed by atoms with Gasteiger partial charge in [-0.05, 0) is 55.8 Å². The van der Waals surface area contributed by atoms with Crippen LogP contribution in [0.1, 0.15) is 29.2 Å². The second-order valence-corrected chi connectivity index (χ2v) is 7.61. The number of esters is 1. The van der Waals surface area contributed by atoms with Gasteiger partial charge in [0.1, 0.15) is 12.4 Å². The highest BCUT2D eigenvalue weighted by Crippen LogP contribution is 2.31. The molecule has 0 fully saturated rings. The SMILES string of the molecule is CCOc1cc(/C=C2\N=C(c3ccc([N+](=O)[O-])c(C)c3)OC2=O)ccc1OCc1ccccc1F. The van der Waals surface area contributed by atoms with Gasteiger partial charge in [-0.15, -0.1) is 0 Å². The van der Waals surface area contributed by atoms with E-state index in [-0.39, 0.29) is 29.7 Å². The molecule has 8 nitrogen and oxygen atoms in total. The number of aryl methyl sites for hydroxylation is 1. The second-order valence-electron chi connectivity index (χ2n) is 7.61. The highest BCUT2D eigenvalue weighted by molar-refractivity contribution is 6.13. The summed E-state index contributed by atoms with van der Waals surface area (Å²) in [5.41, 5.74) is 1.95. The van der Waals surface area contributed by atoms with Crippen LogP contribution >= 0.6 is 0 Å². The van der Waals surface area contributed by atoms with Crippen LogP contribution in [0.4, 0.5) is 10.1 Å². The van der Waals surface area contributed by atoms with Crippen molar-refractivity contribution in [3.05, 3.63) is 105 Å². The molecule has 0 amide bonds. The van der Waals surface area contributed by atoms with Crippen molar-refractivity contribution in [3.8, 4) is 11.5 Å². The summed E-state index contributed by atoms with van der Waals surface area (Å²) in [5, 5.41) is 11.0. The Morgan fingerprint density at radius 1 is 1.09 bits per heavy atom. The van der Waals surface area contributed by atoms with Crippen molar-refractivity contribution < 1.29 is 28.3 Å². The number of ether oxygens (including phenoxy) is 3. The Hall–Kier alpha value is -4.53. The smallest absolute Gasteiger partial charge is 0.363 e. The molecule has 0 atom stereocenters. The zero-order chi connectivity index (χ0) is 24.9.